The first kappa shape index (κ1) is 17.1. The van der Waals surface area contributed by atoms with Crippen LogP contribution >= 0.6 is 0 Å². The second-order valence-corrected chi connectivity index (χ2v) is 8.52. The van der Waals surface area contributed by atoms with Gasteiger partial charge in [0, 0.05) is 17.3 Å². The standard InChI is InChI=1S/C21H33N3O/c1-15(16-9-5-6-10-16)22-21(25)20-18-13-7-8-14-19(18)24(23-20)17-11-3-2-4-12-17/h15-17H,2-14H2,1H3,(H,22,25). The summed E-state index contributed by atoms with van der Waals surface area (Å²) in [6, 6.07) is 0.795. The first-order valence-electron chi connectivity index (χ1n) is 10.6. The maximum atomic E-state index is 13.0. The molecular formula is C21H33N3O. The molecule has 2 fully saturated rings. The highest BCUT2D eigenvalue weighted by atomic mass is 16.2. The molecule has 25 heavy (non-hydrogen) atoms. The number of hydrogen-bond donors (Lipinski definition) is 1. The van der Waals surface area contributed by atoms with Crippen molar-refractivity contribution in [2.75, 3.05) is 0 Å². The minimum atomic E-state index is 0.0760. The molecule has 1 amide bonds. The third kappa shape index (κ3) is 3.50. The Morgan fingerprint density at radius 1 is 1.00 bits per heavy atom. The Labute approximate surface area is 151 Å². The highest BCUT2D eigenvalue weighted by Gasteiger charge is 2.30. The summed E-state index contributed by atoms with van der Waals surface area (Å²) < 4.78 is 2.27. The van der Waals surface area contributed by atoms with Crippen LogP contribution in [0.5, 0.6) is 0 Å². The molecule has 1 N–H and O–H groups in total. The number of hydrogen-bond acceptors (Lipinski definition) is 2. The number of carbonyl (C=O) groups is 1. The van der Waals surface area contributed by atoms with Gasteiger partial charge in [-0.15, -0.1) is 0 Å². The third-order valence-corrected chi connectivity index (χ3v) is 6.81. The molecule has 2 saturated carbocycles. The zero-order chi connectivity index (χ0) is 17.2. The van der Waals surface area contributed by atoms with Crippen molar-refractivity contribution in [3.63, 3.8) is 0 Å². The Morgan fingerprint density at radius 3 is 2.44 bits per heavy atom. The van der Waals surface area contributed by atoms with Gasteiger partial charge in [-0.3, -0.25) is 9.48 Å². The van der Waals surface area contributed by atoms with Gasteiger partial charge in [-0.2, -0.15) is 5.10 Å². The zero-order valence-electron chi connectivity index (χ0n) is 15.7. The van der Waals surface area contributed by atoms with Crippen molar-refractivity contribution in [3.05, 3.63) is 17.0 Å². The lowest BCUT2D eigenvalue weighted by Gasteiger charge is -2.25. The van der Waals surface area contributed by atoms with Crippen LogP contribution in [0.4, 0.5) is 0 Å². The SMILES string of the molecule is CC(NC(=O)c1nn(C2CCCCC2)c2c1CCCC2)C1CCCC1. The molecule has 1 aromatic rings. The van der Waals surface area contributed by atoms with Crippen molar-refractivity contribution in [1.82, 2.24) is 15.1 Å². The van der Waals surface area contributed by atoms with Crippen LogP contribution < -0.4 is 5.32 Å². The number of rotatable bonds is 4. The number of amides is 1. The van der Waals surface area contributed by atoms with Gasteiger partial charge < -0.3 is 5.32 Å². The van der Waals surface area contributed by atoms with Crippen molar-refractivity contribution in [3.8, 4) is 0 Å². The van der Waals surface area contributed by atoms with E-state index >= 15 is 0 Å². The number of carbonyl (C=O) groups excluding carboxylic acids is 1. The molecule has 1 atom stereocenters. The van der Waals surface area contributed by atoms with Gasteiger partial charge in [-0.05, 0) is 64.2 Å². The molecule has 1 aromatic heterocycles. The molecule has 0 radical (unpaired) electrons. The van der Waals surface area contributed by atoms with E-state index in [0.717, 1.165) is 18.5 Å². The summed E-state index contributed by atoms with van der Waals surface area (Å²) in [5, 5.41) is 8.19. The summed E-state index contributed by atoms with van der Waals surface area (Å²) in [7, 11) is 0. The van der Waals surface area contributed by atoms with E-state index in [1.54, 1.807) is 0 Å². The molecule has 4 rings (SSSR count). The van der Waals surface area contributed by atoms with E-state index in [0.29, 0.717) is 12.0 Å². The summed E-state index contributed by atoms with van der Waals surface area (Å²) in [4.78, 5) is 13.0. The van der Waals surface area contributed by atoms with Crippen molar-refractivity contribution >= 4 is 5.91 Å². The van der Waals surface area contributed by atoms with Crippen LogP contribution in [-0.4, -0.2) is 21.7 Å². The van der Waals surface area contributed by atoms with Gasteiger partial charge in [0.25, 0.3) is 5.91 Å². The van der Waals surface area contributed by atoms with Crippen molar-refractivity contribution in [2.45, 2.75) is 102 Å². The zero-order valence-corrected chi connectivity index (χ0v) is 15.7. The summed E-state index contributed by atoms with van der Waals surface area (Å²) in [6.45, 7) is 2.18. The average Bonchev–Trinajstić information content (AvgIpc) is 3.30. The molecule has 4 nitrogen and oxygen atoms in total. The van der Waals surface area contributed by atoms with E-state index in [4.69, 9.17) is 5.10 Å². The molecule has 3 aliphatic carbocycles. The molecule has 0 saturated heterocycles. The lowest BCUT2D eigenvalue weighted by molar-refractivity contribution is 0.0919. The molecule has 4 heteroatoms. The summed E-state index contributed by atoms with van der Waals surface area (Å²) in [5.74, 6) is 0.729. The first-order chi connectivity index (χ1) is 12.2. The lowest BCUT2D eigenvalue weighted by Crippen LogP contribution is -2.38. The van der Waals surface area contributed by atoms with Gasteiger partial charge in [-0.25, -0.2) is 0 Å². The van der Waals surface area contributed by atoms with Gasteiger partial charge in [0.05, 0.1) is 6.04 Å². The highest BCUT2D eigenvalue weighted by molar-refractivity contribution is 5.94. The average molecular weight is 344 g/mol. The predicted octanol–water partition coefficient (Wildman–Crippen LogP) is 4.58. The number of nitrogens with zero attached hydrogens (tertiary/aromatic N) is 2. The van der Waals surface area contributed by atoms with Gasteiger partial charge in [0.1, 0.15) is 0 Å². The van der Waals surface area contributed by atoms with E-state index in [2.05, 4.69) is 16.9 Å². The Bertz CT molecular complexity index is 609. The quantitative estimate of drug-likeness (QED) is 0.870. The minimum Gasteiger partial charge on any atom is -0.348 e. The Hall–Kier alpha value is -1.32. The topological polar surface area (TPSA) is 46.9 Å². The van der Waals surface area contributed by atoms with Gasteiger partial charge in [0.15, 0.2) is 5.69 Å². The Balaban J connectivity index is 1.55. The van der Waals surface area contributed by atoms with Crippen LogP contribution in [0.15, 0.2) is 0 Å². The monoisotopic (exact) mass is 343 g/mol. The fraction of sp³-hybridized carbons (Fsp3) is 0.810. The first-order valence-corrected chi connectivity index (χ1v) is 10.6. The molecule has 0 aromatic carbocycles. The van der Waals surface area contributed by atoms with Gasteiger partial charge in [0.2, 0.25) is 0 Å². The molecule has 1 unspecified atom stereocenters. The molecule has 138 valence electrons. The molecular weight excluding hydrogens is 310 g/mol. The molecule has 3 aliphatic rings. The van der Waals surface area contributed by atoms with E-state index in [-0.39, 0.29) is 11.9 Å². The largest absolute Gasteiger partial charge is 0.348 e. The van der Waals surface area contributed by atoms with Crippen molar-refractivity contribution in [1.29, 1.82) is 0 Å². The lowest BCUT2D eigenvalue weighted by atomic mass is 9.92. The van der Waals surface area contributed by atoms with Crippen molar-refractivity contribution < 1.29 is 4.79 Å². The Morgan fingerprint density at radius 2 is 1.68 bits per heavy atom. The van der Waals surface area contributed by atoms with Crippen LogP contribution in [0.1, 0.15) is 105 Å². The molecule has 0 aliphatic heterocycles. The highest BCUT2D eigenvalue weighted by Crippen LogP contribution is 2.34. The smallest absolute Gasteiger partial charge is 0.272 e. The summed E-state index contributed by atoms with van der Waals surface area (Å²) in [5.41, 5.74) is 3.37. The van der Waals surface area contributed by atoms with Crippen LogP contribution in [-0.2, 0) is 12.8 Å². The van der Waals surface area contributed by atoms with Crippen LogP contribution in [0.3, 0.4) is 0 Å². The van der Waals surface area contributed by atoms with Crippen LogP contribution in [0.25, 0.3) is 0 Å². The van der Waals surface area contributed by atoms with E-state index in [1.165, 1.54) is 81.9 Å². The van der Waals surface area contributed by atoms with Crippen LogP contribution in [0.2, 0.25) is 0 Å². The minimum absolute atomic E-state index is 0.0760. The summed E-state index contributed by atoms with van der Waals surface area (Å²) in [6.07, 6.45) is 16.1. The number of fused-ring (bicyclic) bond motifs is 1. The van der Waals surface area contributed by atoms with E-state index in [9.17, 15) is 4.79 Å². The predicted molar refractivity (Wildman–Crippen MR) is 99.9 cm³/mol. The van der Waals surface area contributed by atoms with E-state index in [1.807, 2.05) is 0 Å². The molecule has 1 heterocycles. The normalized spacial score (nSPS) is 23.4. The van der Waals surface area contributed by atoms with Gasteiger partial charge in [-0.1, -0.05) is 32.1 Å². The van der Waals surface area contributed by atoms with Gasteiger partial charge >= 0.3 is 0 Å². The molecule has 0 bridgehead atoms. The Kier molecular flexibility index (Phi) is 5.14. The third-order valence-electron chi connectivity index (χ3n) is 6.81. The number of aromatic nitrogens is 2. The fourth-order valence-corrected chi connectivity index (χ4v) is 5.29. The fourth-order valence-electron chi connectivity index (χ4n) is 5.29. The second kappa shape index (κ2) is 7.51. The number of nitrogens with one attached hydrogen (secondary N) is 1. The van der Waals surface area contributed by atoms with E-state index < -0.39 is 0 Å². The molecule has 0 spiro atoms. The maximum absolute atomic E-state index is 13.0. The van der Waals surface area contributed by atoms with Crippen molar-refractivity contribution in [2.24, 2.45) is 5.92 Å². The second-order valence-electron chi connectivity index (χ2n) is 8.52. The maximum Gasteiger partial charge on any atom is 0.272 e. The summed E-state index contributed by atoms with van der Waals surface area (Å²) >= 11 is 0. The van der Waals surface area contributed by atoms with Crippen LogP contribution in [0, 0.1) is 5.92 Å².